The molecule has 2 heterocycles. The van der Waals surface area contributed by atoms with Crippen LogP contribution in [0.3, 0.4) is 0 Å². The summed E-state index contributed by atoms with van der Waals surface area (Å²) >= 11 is 0. The van der Waals surface area contributed by atoms with Crippen LogP contribution in [0.25, 0.3) is 0 Å². The van der Waals surface area contributed by atoms with Gasteiger partial charge in [-0.1, -0.05) is 0 Å². The molecule has 2 aliphatic heterocycles. The van der Waals surface area contributed by atoms with Gasteiger partial charge in [-0.2, -0.15) is 0 Å². The molecule has 0 aromatic rings. The number of carboxylic acid groups (broad SMARTS) is 1. The van der Waals surface area contributed by atoms with Crippen molar-refractivity contribution in [1.82, 2.24) is 9.80 Å². The molecule has 0 aromatic heterocycles. The minimum atomic E-state index is -0.793. The highest BCUT2D eigenvalue weighted by Gasteiger charge is 2.40. The maximum Gasteiger partial charge on any atom is 0.310 e. The van der Waals surface area contributed by atoms with Crippen molar-refractivity contribution >= 4 is 11.9 Å². The summed E-state index contributed by atoms with van der Waals surface area (Å²) in [4.78, 5) is 26.2. The molecule has 2 aliphatic rings. The number of carboxylic acids is 1. The normalized spacial score (nSPS) is 27.8. The molecule has 1 amide bonds. The van der Waals surface area contributed by atoms with Crippen LogP contribution >= 0.6 is 0 Å². The Labute approximate surface area is 88.6 Å². The molecule has 1 atom stereocenters. The molecule has 5 heteroatoms. The maximum atomic E-state index is 11.9. The lowest BCUT2D eigenvalue weighted by atomic mass is 9.99. The first-order valence-electron chi connectivity index (χ1n) is 5.31. The van der Waals surface area contributed by atoms with E-state index in [2.05, 4.69) is 4.90 Å². The van der Waals surface area contributed by atoms with Gasteiger partial charge in [-0.25, -0.2) is 0 Å². The lowest BCUT2D eigenvalue weighted by Gasteiger charge is -2.39. The van der Waals surface area contributed by atoms with Crippen LogP contribution in [-0.4, -0.2) is 59.5 Å². The van der Waals surface area contributed by atoms with Crippen LogP contribution < -0.4 is 0 Å². The monoisotopic (exact) mass is 212 g/mol. The molecular weight excluding hydrogens is 196 g/mol. The smallest absolute Gasteiger partial charge is 0.310 e. The highest BCUT2D eigenvalue weighted by molar-refractivity contribution is 5.85. The minimum Gasteiger partial charge on any atom is -0.481 e. The van der Waals surface area contributed by atoms with Crippen molar-refractivity contribution < 1.29 is 14.7 Å². The Morgan fingerprint density at radius 2 is 2.00 bits per heavy atom. The van der Waals surface area contributed by atoms with Gasteiger partial charge in [-0.05, 0) is 26.4 Å². The van der Waals surface area contributed by atoms with Crippen LogP contribution in [0.1, 0.15) is 12.8 Å². The summed E-state index contributed by atoms with van der Waals surface area (Å²) in [5, 5.41) is 8.70. The van der Waals surface area contributed by atoms with Crippen molar-refractivity contribution in [3.05, 3.63) is 0 Å². The quantitative estimate of drug-likeness (QED) is 0.678. The SMILES string of the molecule is CN1CCCC1C(=O)N1CC(C(=O)O)C1. The number of nitrogens with zero attached hydrogens (tertiary/aromatic N) is 2. The average Bonchev–Trinajstić information content (AvgIpc) is 2.47. The average molecular weight is 212 g/mol. The molecule has 15 heavy (non-hydrogen) atoms. The first kappa shape index (κ1) is 10.4. The van der Waals surface area contributed by atoms with Crippen LogP contribution in [0.4, 0.5) is 0 Å². The number of carbonyl (C=O) groups excluding carboxylic acids is 1. The third kappa shape index (κ3) is 1.84. The van der Waals surface area contributed by atoms with E-state index in [1.807, 2.05) is 7.05 Å². The van der Waals surface area contributed by atoms with Gasteiger partial charge in [0.05, 0.1) is 12.0 Å². The summed E-state index contributed by atoms with van der Waals surface area (Å²) in [6.45, 7) is 1.74. The van der Waals surface area contributed by atoms with Crippen molar-refractivity contribution in [1.29, 1.82) is 0 Å². The Balaban J connectivity index is 1.86. The predicted octanol–water partition coefficient (Wildman–Crippen LogP) is -0.376. The van der Waals surface area contributed by atoms with Crippen LogP contribution in [0.2, 0.25) is 0 Å². The molecule has 0 saturated carbocycles. The zero-order chi connectivity index (χ0) is 11.0. The zero-order valence-electron chi connectivity index (χ0n) is 8.85. The Morgan fingerprint density at radius 1 is 1.33 bits per heavy atom. The van der Waals surface area contributed by atoms with Gasteiger partial charge >= 0.3 is 5.97 Å². The zero-order valence-corrected chi connectivity index (χ0v) is 8.85. The van der Waals surface area contributed by atoms with E-state index in [1.54, 1.807) is 4.90 Å². The van der Waals surface area contributed by atoms with Gasteiger partial charge in [-0.3, -0.25) is 14.5 Å². The maximum absolute atomic E-state index is 11.9. The van der Waals surface area contributed by atoms with Gasteiger partial charge in [0.2, 0.25) is 5.91 Å². The molecule has 5 nitrogen and oxygen atoms in total. The van der Waals surface area contributed by atoms with Crippen LogP contribution in [-0.2, 0) is 9.59 Å². The second kappa shape index (κ2) is 3.81. The summed E-state index contributed by atoms with van der Waals surface area (Å²) in [5.74, 6) is -1.04. The molecule has 1 N–H and O–H groups in total. The molecule has 1 unspecified atom stereocenters. The first-order chi connectivity index (χ1) is 7.09. The molecule has 2 rings (SSSR count). The first-order valence-corrected chi connectivity index (χ1v) is 5.31. The predicted molar refractivity (Wildman–Crippen MR) is 53.4 cm³/mol. The molecule has 0 bridgehead atoms. The van der Waals surface area contributed by atoms with Crippen molar-refractivity contribution in [2.24, 2.45) is 5.92 Å². The van der Waals surface area contributed by atoms with Crippen molar-refractivity contribution in [3.63, 3.8) is 0 Å². The van der Waals surface area contributed by atoms with Gasteiger partial charge in [0, 0.05) is 13.1 Å². The number of aliphatic carboxylic acids is 1. The lowest BCUT2D eigenvalue weighted by molar-refractivity contribution is -0.154. The van der Waals surface area contributed by atoms with Gasteiger partial charge < -0.3 is 10.0 Å². The van der Waals surface area contributed by atoms with Gasteiger partial charge in [0.25, 0.3) is 0 Å². The number of likely N-dealkylation sites (N-methyl/N-ethyl adjacent to an activating group) is 1. The van der Waals surface area contributed by atoms with Crippen molar-refractivity contribution in [3.8, 4) is 0 Å². The summed E-state index contributed by atoms with van der Waals surface area (Å²) < 4.78 is 0. The fourth-order valence-corrected chi connectivity index (χ4v) is 2.25. The van der Waals surface area contributed by atoms with Gasteiger partial charge in [-0.15, -0.1) is 0 Å². The third-order valence-electron chi connectivity index (χ3n) is 3.35. The fraction of sp³-hybridized carbons (Fsp3) is 0.800. The Bertz CT molecular complexity index is 286. The topological polar surface area (TPSA) is 60.9 Å². The molecule has 0 aromatic carbocycles. The van der Waals surface area contributed by atoms with Crippen LogP contribution in [0, 0.1) is 5.92 Å². The van der Waals surface area contributed by atoms with Crippen LogP contribution in [0.5, 0.6) is 0 Å². The third-order valence-corrected chi connectivity index (χ3v) is 3.35. The van der Waals surface area contributed by atoms with Crippen molar-refractivity contribution in [2.45, 2.75) is 18.9 Å². The lowest BCUT2D eigenvalue weighted by Crippen LogP contribution is -2.57. The molecule has 0 aliphatic carbocycles. The van der Waals surface area contributed by atoms with E-state index in [4.69, 9.17) is 5.11 Å². The van der Waals surface area contributed by atoms with Crippen LogP contribution in [0.15, 0.2) is 0 Å². The minimum absolute atomic E-state index is 0.0141. The summed E-state index contributed by atoms with van der Waals surface area (Å²) in [7, 11) is 1.95. The molecule has 2 fully saturated rings. The van der Waals surface area contributed by atoms with Gasteiger partial charge in [0.1, 0.15) is 0 Å². The van der Waals surface area contributed by atoms with E-state index in [-0.39, 0.29) is 17.9 Å². The fourth-order valence-electron chi connectivity index (χ4n) is 2.25. The van der Waals surface area contributed by atoms with Crippen molar-refractivity contribution in [2.75, 3.05) is 26.7 Å². The van der Waals surface area contributed by atoms with E-state index in [1.165, 1.54) is 0 Å². The second-order valence-electron chi connectivity index (χ2n) is 4.42. The summed E-state index contributed by atoms with van der Waals surface area (Å²) in [6.07, 6.45) is 1.96. The number of hydrogen-bond donors (Lipinski definition) is 1. The molecule has 0 radical (unpaired) electrons. The van der Waals surface area contributed by atoms with E-state index in [0.29, 0.717) is 13.1 Å². The number of amides is 1. The largest absolute Gasteiger partial charge is 0.481 e. The van der Waals surface area contributed by atoms with E-state index >= 15 is 0 Å². The van der Waals surface area contributed by atoms with E-state index in [9.17, 15) is 9.59 Å². The number of carbonyl (C=O) groups is 2. The highest BCUT2D eigenvalue weighted by Crippen LogP contribution is 2.22. The standard InChI is InChI=1S/C10H16N2O3/c1-11-4-2-3-8(11)9(13)12-5-7(6-12)10(14)15/h7-8H,2-6H2,1H3,(H,14,15). The number of hydrogen-bond acceptors (Lipinski definition) is 3. The summed E-state index contributed by atoms with van der Waals surface area (Å²) in [5.41, 5.74) is 0. The Kier molecular flexibility index (Phi) is 2.65. The van der Waals surface area contributed by atoms with E-state index < -0.39 is 5.97 Å². The number of likely N-dealkylation sites (tertiary alicyclic amines) is 2. The van der Waals surface area contributed by atoms with Gasteiger partial charge in [0.15, 0.2) is 0 Å². The molecule has 84 valence electrons. The summed E-state index contributed by atoms with van der Waals surface area (Å²) in [6, 6.07) is -0.0141. The molecule has 2 saturated heterocycles. The Hall–Kier alpha value is -1.10. The highest BCUT2D eigenvalue weighted by atomic mass is 16.4. The number of rotatable bonds is 2. The molecular formula is C10H16N2O3. The molecule has 0 spiro atoms. The van der Waals surface area contributed by atoms with E-state index in [0.717, 1.165) is 19.4 Å². The second-order valence-corrected chi connectivity index (χ2v) is 4.42. The Morgan fingerprint density at radius 3 is 2.47 bits per heavy atom.